The minimum absolute atomic E-state index is 0.0276. The normalized spacial score (nSPS) is 44.3. The zero-order valence-corrected chi connectivity index (χ0v) is 37.1. The molecule has 282 valence electrons. The number of allylic oxidation sites excluding steroid dienone is 1. The van der Waals surface area contributed by atoms with E-state index < -0.39 is 16.6 Å². The van der Waals surface area contributed by atoms with Crippen LogP contribution in [0.2, 0.25) is 36.3 Å². The van der Waals surface area contributed by atoms with Gasteiger partial charge in [-0.25, -0.2) is 0 Å². The molecule has 11 atom stereocenters. The van der Waals surface area contributed by atoms with Gasteiger partial charge in [0.2, 0.25) is 0 Å². The van der Waals surface area contributed by atoms with Crippen LogP contribution in [0.15, 0.2) is 12.2 Å². The van der Waals surface area contributed by atoms with E-state index in [1.54, 1.807) is 7.11 Å². The number of rotatable bonds is 7. The standard InChI is InChI=1S/C43H78O4Si2/c1-29(2)30-20-25-43(36(44)45-13)27-26-41(11)31(35(30)43)18-19-33-39(9)23-22-34(47-49(16,17)38(6,7)8)40(10,32(39)21-24-42(33,41)12)28-46-48(14,15)37(3,4)5/h30-35H,1,18-28H2,2-17H3/t30-,31?,32?,33?,34-,35?,39-,40-,41+,42+,43-/m0/s1. The maximum Gasteiger partial charge on any atom is 0.312 e. The van der Waals surface area contributed by atoms with Crippen LogP contribution in [0.5, 0.6) is 0 Å². The van der Waals surface area contributed by atoms with Crippen molar-refractivity contribution in [2.75, 3.05) is 13.7 Å². The highest BCUT2D eigenvalue weighted by molar-refractivity contribution is 6.74. The smallest absolute Gasteiger partial charge is 0.312 e. The third-order valence-corrected chi connectivity index (χ3v) is 27.2. The van der Waals surface area contributed by atoms with Crippen LogP contribution in [0.3, 0.4) is 0 Å². The molecule has 5 aliphatic rings. The first-order valence-electron chi connectivity index (χ1n) is 20.2. The summed E-state index contributed by atoms with van der Waals surface area (Å²) in [4.78, 5) is 13.7. The second-order valence-electron chi connectivity index (χ2n) is 22.3. The highest BCUT2D eigenvalue weighted by Gasteiger charge is 2.73. The molecule has 0 heterocycles. The van der Waals surface area contributed by atoms with Gasteiger partial charge in [-0.2, -0.15) is 0 Å². The molecule has 0 radical (unpaired) electrons. The predicted molar refractivity (Wildman–Crippen MR) is 211 cm³/mol. The molecule has 5 aliphatic carbocycles. The molecule has 6 heteroatoms. The summed E-state index contributed by atoms with van der Waals surface area (Å²) < 4.78 is 20.4. The molecule has 4 unspecified atom stereocenters. The number of esters is 1. The second-order valence-corrected chi connectivity index (χ2v) is 31.9. The molecule has 0 aromatic heterocycles. The molecule has 5 rings (SSSR count). The highest BCUT2D eigenvalue weighted by Crippen LogP contribution is 2.78. The number of hydrogen-bond donors (Lipinski definition) is 0. The van der Waals surface area contributed by atoms with E-state index in [4.69, 9.17) is 13.6 Å². The number of hydrogen-bond acceptors (Lipinski definition) is 4. The Bertz CT molecular complexity index is 1290. The van der Waals surface area contributed by atoms with Crippen molar-refractivity contribution in [2.45, 2.75) is 183 Å². The first kappa shape index (κ1) is 39.8. The van der Waals surface area contributed by atoms with E-state index in [1.165, 1.54) is 37.7 Å². The SMILES string of the molecule is C=C(C)[C@@H]1CC[C@]2(C(=O)OC)CC[C@]3(C)C(CCC4[C@@]5(C)CC[C@H](O[Si](C)(C)C(C)(C)C)[C@@](C)(CO[Si](C)(C)C(C)(C)C)C5CC[C@]43C)C12. The largest absolute Gasteiger partial charge is 0.469 e. The molecule has 0 N–H and O–H groups in total. The van der Waals surface area contributed by atoms with E-state index in [2.05, 4.69) is 109 Å². The summed E-state index contributed by atoms with van der Waals surface area (Å²) >= 11 is 0. The topological polar surface area (TPSA) is 44.8 Å². The van der Waals surface area contributed by atoms with Crippen molar-refractivity contribution in [3.05, 3.63) is 12.2 Å². The van der Waals surface area contributed by atoms with Gasteiger partial charge in [-0.3, -0.25) is 4.79 Å². The maximum absolute atomic E-state index is 13.7. The van der Waals surface area contributed by atoms with Crippen LogP contribution in [0.25, 0.3) is 0 Å². The molecule has 0 aromatic carbocycles. The minimum atomic E-state index is -2.00. The van der Waals surface area contributed by atoms with Gasteiger partial charge in [-0.1, -0.05) is 81.4 Å². The Kier molecular flexibility index (Phi) is 9.98. The monoisotopic (exact) mass is 715 g/mol. The van der Waals surface area contributed by atoms with Gasteiger partial charge in [0.05, 0.1) is 18.6 Å². The molecule has 0 spiro atoms. The molecule has 49 heavy (non-hydrogen) atoms. The van der Waals surface area contributed by atoms with Crippen LogP contribution in [-0.4, -0.2) is 42.4 Å². The fraction of sp³-hybridized carbons (Fsp3) is 0.930. The second kappa shape index (κ2) is 12.3. The van der Waals surface area contributed by atoms with Crippen molar-refractivity contribution >= 4 is 22.6 Å². The molecule has 0 saturated heterocycles. The van der Waals surface area contributed by atoms with Gasteiger partial charge in [0.25, 0.3) is 0 Å². The van der Waals surface area contributed by atoms with E-state index in [0.29, 0.717) is 29.6 Å². The third kappa shape index (κ3) is 5.79. The summed E-state index contributed by atoms with van der Waals surface area (Å²) in [5.41, 5.74) is 1.60. The van der Waals surface area contributed by atoms with E-state index in [-0.39, 0.29) is 49.2 Å². The van der Waals surface area contributed by atoms with Gasteiger partial charge in [0, 0.05) is 12.0 Å². The van der Waals surface area contributed by atoms with Gasteiger partial charge >= 0.3 is 5.97 Å². The first-order valence-corrected chi connectivity index (χ1v) is 26.1. The number of methoxy groups -OCH3 is 1. The molecule has 0 bridgehead atoms. The zero-order chi connectivity index (χ0) is 37.0. The van der Waals surface area contributed by atoms with Crippen molar-refractivity contribution in [3.8, 4) is 0 Å². The van der Waals surface area contributed by atoms with Gasteiger partial charge < -0.3 is 13.6 Å². The molecule has 0 amide bonds. The summed E-state index contributed by atoms with van der Waals surface area (Å²) in [6, 6.07) is 0. The lowest BCUT2D eigenvalue weighted by Gasteiger charge is -2.73. The molecule has 0 aromatic rings. The number of ether oxygens (including phenoxy) is 1. The fourth-order valence-electron chi connectivity index (χ4n) is 13.0. The van der Waals surface area contributed by atoms with E-state index in [0.717, 1.165) is 38.7 Å². The van der Waals surface area contributed by atoms with Gasteiger partial charge in [-0.15, -0.1) is 0 Å². The van der Waals surface area contributed by atoms with Crippen molar-refractivity contribution in [2.24, 2.45) is 56.7 Å². The van der Waals surface area contributed by atoms with Crippen LogP contribution in [-0.2, 0) is 18.4 Å². The zero-order valence-electron chi connectivity index (χ0n) is 35.1. The van der Waals surface area contributed by atoms with Crippen molar-refractivity contribution < 1.29 is 18.4 Å². The summed E-state index contributed by atoms with van der Waals surface area (Å²) in [5.74, 6) is 2.61. The van der Waals surface area contributed by atoms with E-state index in [9.17, 15) is 4.79 Å². The summed E-state index contributed by atoms with van der Waals surface area (Å²) in [7, 11) is -2.34. The predicted octanol–water partition coefficient (Wildman–Crippen LogP) is 12.2. The Morgan fingerprint density at radius 2 is 1.37 bits per heavy atom. The number of carbonyl (C=O) groups excluding carboxylic acids is 1. The molecule has 0 aliphatic heterocycles. The quantitative estimate of drug-likeness (QED) is 0.150. The lowest BCUT2D eigenvalue weighted by atomic mass is 9.32. The maximum atomic E-state index is 13.7. The Labute approximate surface area is 305 Å². The van der Waals surface area contributed by atoms with Crippen molar-refractivity contribution in [1.29, 1.82) is 0 Å². The van der Waals surface area contributed by atoms with Crippen LogP contribution in [0, 0.1) is 56.7 Å². The molecule has 5 fully saturated rings. The summed E-state index contributed by atoms with van der Waals surface area (Å²) in [6.45, 7) is 42.3. The highest BCUT2D eigenvalue weighted by atomic mass is 28.4. The van der Waals surface area contributed by atoms with E-state index in [1.807, 2.05) is 0 Å². The average molecular weight is 715 g/mol. The van der Waals surface area contributed by atoms with Crippen LogP contribution in [0.4, 0.5) is 0 Å². The Morgan fingerprint density at radius 1 is 0.755 bits per heavy atom. The Morgan fingerprint density at radius 3 is 1.92 bits per heavy atom. The number of carbonyl (C=O) groups is 1. The van der Waals surface area contributed by atoms with Crippen molar-refractivity contribution in [3.63, 3.8) is 0 Å². The lowest BCUT2D eigenvalue weighted by molar-refractivity contribution is -0.252. The van der Waals surface area contributed by atoms with Crippen LogP contribution < -0.4 is 0 Å². The molecular formula is C43H78O4Si2. The van der Waals surface area contributed by atoms with Crippen molar-refractivity contribution in [1.82, 2.24) is 0 Å². The fourth-order valence-corrected chi connectivity index (χ4v) is 15.5. The average Bonchev–Trinajstić information content (AvgIpc) is 3.38. The molecule has 5 saturated carbocycles. The van der Waals surface area contributed by atoms with Gasteiger partial charge in [0.15, 0.2) is 16.6 Å². The van der Waals surface area contributed by atoms with Crippen LogP contribution >= 0.6 is 0 Å². The summed E-state index contributed by atoms with van der Waals surface area (Å²) in [5, 5.41) is 0.354. The minimum Gasteiger partial charge on any atom is -0.469 e. The summed E-state index contributed by atoms with van der Waals surface area (Å²) in [6.07, 6.45) is 11.8. The molecular weight excluding hydrogens is 637 g/mol. The lowest BCUT2D eigenvalue weighted by Crippen LogP contribution is -2.68. The van der Waals surface area contributed by atoms with Crippen LogP contribution in [0.1, 0.15) is 140 Å². The number of fused-ring (bicyclic) bond motifs is 7. The van der Waals surface area contributed by atoms with Gasteiger partial charge in [-0.05, 0) is 153 Å². The van der Waals surface area contributed by atoms with Gasteiger partial charge in [0.1, 0.15) is 0 Å². The third-order valence-electron chi connectivity index (χ3n) is 18.2. The Balaban J connectivity index is 1.54. The first-order chi connectivity index (χ1) is 22.2. The molecule has 4 nitrogen and oxygen atoms in total. The Hall–Kier alpha value is -0.436. The van der Waals surface area contributed by atoms with E-state index >= 15 is 0 Å².